The second-order valence-corrected chi connectivity index (χ2v) is 4.62. The lowest BCUT2D eigenvalue weighted by Gasteiger charge is -2.18. The molecular weight excluding hydrogens is 188 g/mol. The van der Waals surface area contributed by atoms with E-state index in [2.05, 4.69) is 28.6 Å². The molecule has 0 aliphatic heterocycles. The monoisotopic (exact) mass is 208 g/mol. The molecule has 2 atom stereocenters. The Kier molecular flexibility index (Phi) is 2.78. The average molecular weight is 208 g/mol. The standard InChI is InChI=1S/C11H20N4/c1-4-7(2)10(12)11-14-13-8(3)15(11)9-5-6-9/h7,9-10H,4-6,12H2,1-3H3/t7?,10-/m0/s1. The van der Waals surface area contributed by atoms with E-state index in [0.717, 1.165) is 18.1 Å². The first kappa shape index (κ1) is 10.6. The van der Waals surface area contributed by atoms with Crippen molar-refractivity contribution < 1.29 is 0 Å². The van der Waals surface area contributed by atoms with Crippen LogP contribution in [0, 0.1) is 12.8 Å². The largest absolute Gasteiger partial charge is 0.321 e. The van der Waals surface area contributed by atoms with Gasteiger partial charge in [0.05, 0.1) is 6.04 Å². The predicted octanol–water partition coefficient (Wildman–Crippen LogP) is 1.97. The quantitative estimate of drug-likeness (QED) is 0.823. The molecule has 1 aliphatic carbocycles. The number of hydrogen-bond donors (Lipinski definition) is 1. The van der Waals surface area contributed by atoms with Crippen LogP contribution >= 0.6 is 0 Å². The van der Waals surface area contributed by atoms with Crippen LogP contribution < -0.4 is 5.73 Å². The SMILES string of the molecule is CCC(C)[C@H](N)c1nnc(C)n1C1CC1. The maximum Gasteiger partial charge on any atom is 0.150 e. The molecule has 0 bridgehead atoms. The van der Waals surface area contributed by atoms with Gasteiger partial charge in [0.1, 0.15) is 5.82 Å². The minimum Gasteiger partial charge on any atom is -0.321 e. The van der Waals surface area contributed by atoms with E-state index in [1.54, 1.807) is 0 Å². The minimum atomic E-state index is 0.0248. The van der Waals surface area contributed by atoms with Crippen molar-refractivity contribution in [3.63, 3.8) is 0 Å². The van der Waals surface area contributed by atoms with Crippen LogP contribution in [0.1, 0.15) is 56.8 Å². The molecule has 1 unspecified atom stereocenters. The third-order valence-corrected chi connectivity index (χ3v) is 3.36. The fraction of sp³-hybridized carbons (Fsp3) is 0.818. The summed E-state index contributed by atoms with van der Waals surface area (Å²) in [4.78, 5) is 0. The summed E-state index contributed by atoms with van der Waals surface area (Å²) in [6.45, 7) is 6.35. The van der Waals surface area contributed by atoms with E-state index in [4.69, 9.17) is 5.73 Å². The van der Waals surface area contributed by atoms with Crippen molar-refractivity contribution in [3.8, 4) is 0 Å². The van der Waals surface area contributed by atoms with E-state index >= 15 is 0 Å². The van der Waals surface area contributed by atoms with Crippen molar-refractivity contribution in [2.75, 3.05) is 0 Å². The molecule has 0 amide bonds. The fourth-order valence-corrected chi connectivity index (χ4v) is 1.91. The van der Waals surface area contributed by atoms with Crippen LogP contribution in [0.15, 0.2) is 0 Å². The smallest absolute Gasteiger partial charge is 0.150 e. The van der Waals surface area contributed by atoms with Crippen molar-refractivity contribution in [3.05, 3.63) is 11.6 Å². The van der Waals surface area contributed by atoms with Gasteiger partial charge in [-0.3, -0.25) is 0 Å². The second-order valence-electron chi connectivity index (χ2n) is 4.62. The van der Waals surface area contributed by atoms with Gasteiger partial charge in [-0.25, -0.2) is 0 Å². The summed E-state index contributed by atoms with van der Waals surface area (Å²) in [5.41, 5.74) is 6.21. The molecule has 1 aromatic rings. The Balaban J connectivity index is 2.26. The van der Waals surface area contributed by atoms with Gasteiger partial charge in [0.25, 0.3) is 0 Å². The van der Waals surface area contributed by atoms with Gasteiger partial charge >= 0.3 is 0 Å². The lowest BCUT2D eigenvalue weighted by molar-refractivity contribution is 0.421. The van der Waals surface area contributed by atoms with Crippen molar-refractivity contribution in [2.45, 2.75) is 52.1 Å². The minimum absolute atomic E-state index is 0.0248. The Hall–Kier alpha value is -0.900. The summed E-state index contributed by atoms with van der Waals surface area (Å²) in [5, 5.41) is 8.38. The van der Waals surface area contributed by atoms with Crippen LogP contribution in [0.2, 0.25) is 0 Å². The number of aryl methyl sites for hydroxylation is 1. The topological polar surface area (TPSA) is 56.7 Å². The lowest BCUT2D eigenvalue weighted by atomic mass is 9.99. The third kappa shape index (κ3) is 1.91. The summed E-state index contributed by atoms with van der Waals surface area (Å²) >= 11 is 0. The zero-order valence-corrected chi connectivity index (χ0v) is 9.77. The molecule has 84 valence electrons. The maximum absolute atomic E-state index is 6.21. The number of nitrogens with zero attached hydrogens (tertiary/aromatic N) is 3. The predicted molar refractivity (Wildman–Crippen MR) is 59.4 cm³/mol. The summed E-state index contributed by atoms with van der Waals surface area (Å²) in [5.74, 6) is 2.45. The molecule has 2 N–H and O–H groups in total. The molecule has 0 spiro atoms. The Morgan fingerprint density at radius 2 is 2.13 bits per heavy atom. The zero-order chi connectivity index (χ0) is 11.0. The molecule has 0 radical (unpaired) electrons. The molecule has 4 nitrogen and oxygen atoms in total. The van der Waals surface area contributed by atoms with Gasteiger partial charge in [-0.2, -0.15) is 0 Å². The van der Waals surface area contributed by atoms with Crippen LogP contribution in [0.3, 0.4) is 0 Å². The van der Waals surface area contributed by atoms with E-state index in [0.29, 0.717) is 12.0 Å². The Bertz CT molecular complexity index is 340. The van der Waals surface area contributed by atoms with Crippen LogP contribution in [0.25, 0.3) is 0 Å². The van der Waals surface area contributed by atoms with E-state index < -0.39 is 0 Å². The average Bonchev–Trinajstić information content (AvgIpc) is 3.00. The molecule has 1 aromatic heterocycles. The second kappa shape index (κ2) is 3.93. The molecule has 1 saturated carbocycles. The van der Waals surface area contributed by atoms with Crippen LogP contribution in [-0.2, 0) is 0 Å². The van der Waals surface area contributed by atoms with Gasteiger partial charge in [-0.1, -0.05) is 20.3 Å². The maximum atomic E-state index is 6.21. The Morgan fingerprint density at radius 3 is 2.67 bits per heavy atom. The first-order valence-electron chi connectivity index (χ1n) is 5.82. The molecule has 4 heteroatoms. The van der Waals surface area contributed by atoms with Gasteiger partial charge in [-0.15, -0.1) is 10.2 Å². The Labute approximate surface area is 90.9 Å². The van der Waals surface area contributed by atoms with Crippen molar-refractivity contribution in [1.29, 1.82) is 0 Å². The zero-order valence-electron chi connectivity index (χ0n) is 9.77. The molecule has 1 aliphatic rings. The molecule has 1 fully saturated rings. The summed E-state index contributed by atoms with van der Waals surface area (Å²) in [6.07, 6.45) is 3.58. The normalized spacial score (nSPS) is 20.3. The van der Waals surface area contributed by atoms with Gasteiger partial charge in [0.15, 0.2) is 5.82 Å². The van der Waals surface area contributed by atoms with E-state index in [1.807, 2.05) is 6.92 Å². The first-order chi connectivity index (χ1) is 7.15. The lowest BCUT2D eigenvalue weighted by Crippen LogP contribution is -2.23. The highest BCUT2D eigenvalue weighted by Gasteiger charge is 2.31. The van der Waals surface area contributed by atoms with Crippen LogP contribution in [0.4, 0.5) is 0 Å². The number of hydrogen-bond acceptors (Lipinski definition) is 3. The van der Waals surface area contributed by atoms with E-state index in [-0.39, 0.29) is 6.04 Å². The number of nitrogens with two attached hydrogens (primary N) is 1. The highest BCUT2D eigenvalue weighted by molar-refractivity contribution is 5.06. The van der Waals surface area contributed by atoms with Crippen LogP contribution in [0.5, 0.6) is 0 Å². The highest BCUT2D eigenvalue weighted by Crippen LogP contribution is 2.38. The van der Waals surface area contributed by atoms with Crippen molar-refractivity contribution in [2.24, 2.45) is 11.7 Å². The third-order valence-electron chi connectivity index (χ3n) is 3.36. The van der Waals surface area contributed by atoms with Crippen LogP contribution in [-0.4, -0.2) is 14.8 Å². The molecule has 2 rings (SSSR count). The highest BCUT2D eigenvalue weighted by atomic mass is 15.3. The van der Waals surface area contributed by atoms with Crippen molar-refractivity contribution in [1.82, 2.24) is 14.8 Å². The summed E-state index contributed by atoms with van der Waals surface area (Å²) in [7, 11) is 0. The number of rotatable bonds is 4. The molecular formula is C11H20N4. The number of aromatic nitrogens is 3. The fourth-order valence-electron chi connectivity index (χ4n) is 1.91. The van der Waals surface area contributed by atoms with Gasteiger partial charge in [0.2, 0.25) is 0 Å². The van der Waals surface area contributed by atoms with Gasteiger partial charge < -0.3 is 10.3 Å². The molecule has 1 heterocycles. The van der Waals surface area contributed by atoms with E-state index in [9.17, 15) is 0 Å². The molecule has 0 aromatic carbocycles. The van der Waals surface area contributed by atoms with Gasteiger partial charge in [-0.05, 0) is 25.7 Å². The molecule has 15 heavy (non-hydrogen) atoms. The van der Waals surface area contributed by atoms with Crippen molar-refractivity contribution >= 4 is 0 Å². The van der Waals surface area contributed by atoms with Gasteiger partial charge in [0, 0.05) is 6.04 Å². The van der Waals surface area contributed by atoms with E-state index in [1.165, 1.54) is 12.8 Å². The first-order valence-corrected chi connectivity index (χ1v) is 5.82. The molecule has 0 saturated heterocycles. The Morgan fingerprint density at radius 1 is 1.47 bits per heavy atom. The summed E-state index contributed by atoms with van der Waals surface area (Å²) in [6, 6.07) is 0.641. The summed E-state index contributed by atoms with van der Waals surface area (Å²) < 4.78 is 2.23.